The van der Waals surface area contributed by atoms with Gasteiger partial charge in [-0.15, -0.1) is 0 Å². The number of nitrogens with one attached hydrogen (secondary N) is 2. The second-order valence-electron chi connectivity index (χ2n) is 4.84. The Hall–Kier alpha value is -0.570. The third-order valence-corrected chi connectivity index (χ3v) is 3.40. The molecule has 1 fully saturated rings. The predicted octanol–water partition coefficient (Wildman–Crippen LogP) is 1.54. The van der Waals surface area contributed by atoms with Crippen molar-refractivity contribution in [2.45, 2.75) is 45.6 Å². The van der Waals surface area contributed by atoms with Crippen molar-refractivity contribution in [3.63, 3.8) is 0 Å². The molecule has 0 spiro atoms. The average Bonchev–Trinajstić information content (AvgIpc) is 2.21. The standard InChI is InChI=1S/C12H24N2O/c1-9-6-4-5-7-11(9)14-12(15)10(2)8-13-3/h9-11,13H,4-8H2,1-3H3,(H,14,15). The molecule has 0 heterocycles. The summed E-state index contributed by atoms with van der Waals surface area (Å²) >= 11 is 0. The second-order valence-corrected chi connectivity index (χ2v) is 4.84. The van der Waals surface area contributed by atoms with Crippen LogP contribution >= 0.6 is 0 Å². The van der Waals surface area contributed by atoms with Gasteiger partial charge in [-0.3, -0.25) is 4.79 Å². The van der Waals surface area contributed by atoms with Gasteiger partial charge in [-0.25, -0.2) is 0 Å². The molecule has 88 valence electrons. The van der Waals surface area contributed by atoms with Gasteiger partial charge < -0.3 is 10.6 Å². The van der Waals surface area contributed by atoms with Crippen LogP contribution < -0.4 is 10.6 Å². The van der Waals surface area contributed by atoms with E-state index < -0.39 is 0 Å². The highest BCUT2D eigenvalue weighted by atomic mass is 16.1. The lowest BCUT2D eigenvalue weighted by Gasteiger charge is -2.30. The van der Waals surface area contributed by atoms with E-state index in [-0.39, 0.29) is 11.8 Å². The Morgan fingerprint density at radius 2 is 2.07 bits per heavy atom. The molecule has 2 N–H and O–H groups in total. The van der Waals surface area contributed by atoms with Crippen molar-refractivity contribution < 1.29 is 4.79 Å². The summed E-state index contributed by atoms with van der Waals surface area (Å²) in [5.74, 6) is 0.914. The Bertz CT molecular complexity index is 206. The molecule has 0 bridgehead atoms. The molecule has 0 aromatic rings. The maximum Gasteiger partial charge on any atom is 0.224 e. The van der Waals surface area contributed by atoms with Crippen LogP contribution in [-0.4, -0.2) is 25.5 Å². The fraction of sp³-hybridized carbons (Fsp3) is 0.917. The molecule has 3 heteroatoms. The van der Waals surface area contributed by atoms with Crippen LogP contribution in [0.4, 0.5) is 0 Å². The quantitative estimate of drug-likeness (QED) is 0.742. The van der Waals surface area contributed by atoms with Crippen molar-refractivity contribution in [3.8, 4) is 0 Å². The molecule has 0 aromatic heterocycles. The van der Waals surface area contributed by atoms with E-state index >= 15 is 0 Å². The molecule has 3 nitrogen and oxygen atoms in total. The molecule has 1 rings (SSSR count). The Labute approximate surface area is 93.0 Å². The van der Waals surface area contributed by atoms with Gasteiger partial charge in [0.05, 0.1) is 0 Å². The first-order valence-electron chi connectivity index (χ1n) is 6.10. The minimum Gasteiger partial charge on any atom is -0.353 e. The minimum absolute atomic E-state index is 0.0733. The number of amides is 1. The van der Waals surface area contributed by atoms with E-state index in [0.717, 1.165) is 13.0 Å². The van der Waals surface area contributed by atoms with Gasteiger partial charge in [-0.05, 0) is 25.8 Å². The van der Waals surface area contributed by atoms with Crippen molar-refractivity contribution in [2.24, 2.45) is 11.8 Å². The lowest BCUT2D eigenvalue weighted by atomic mass is 9.85. The molecule has 3 unspecified atom stereocenters. The smallest absolute Gasteiger partial charge is 0.224 e. The molecule has 1 aliphatic rings. The largest absolute Gasteiger partial charge is 0.353 e. The van der Waals surface area contributed by atoms with Crippen molar-refractivity contribution in [3.05, 3.63) is 0 Å². The highest BCUT2D eigenvalue weighted by Crippen LogP contribution is 2.23. The van der Waals surface area contributed by atoms with Gasteiger partial charge in [0.25, 0.3) is 0 Å². The molecular formula is C12H24N2O. The molecule has 0 aliphatic heterocycles. The zero-order valence-corrected chi connectivity index (χ0v) is 10.2. The van der Waals surface area contributed by atoms with E-state index in [1.165, 1.54) is 19.3 Å². The fourth-order valence-corrected chi connectivity index (χ4v) is 2.25. The highest BCUT2D eigenvalue weighted by Gasteiger charge is 2.24. The topological polar surface area (TPSA) is 41.1 Å². The Kier molecular flexibility index (Phi) is 5.09. The summed E-state index contributed by atoms with van der Waals surface area (Å²) in [6.07, 6.45) is 4.99. The van der Waals surface area contributed by atoms with Crippen molar-refractivity contribution in [1.29, 1.82) is 0 Å². The molecule has 0 aromatic carbocycles. The van der Waals surface area contributed by atoms with Crippen LogP contribution in [0.1, 0.15) is 39.5 Å². The summed E-state index contributed by atoms with van der Waals surface area (Å²) < 4.78 is 0. The lowest BCUT2D eigenvalue weighted by molar-refractivity contribution is -0.125. The van der Waals surface area contributed by atoms with E-state index in [0.29, 0.717) is 12.0 Å². The Morgan fingerprint density at radius 1 is 1.40 bits per heavy atom. The van der Waals surface area contributed by atoms with Crippen LogP contribution in [0.5, 0.6) is 0 Å². The van der Waals surface area contributed by atoms with Gasteiger partial charge in [0, 0.05) is 18.5 Å². The minimum atomic E-state index is 0.0733. The fourth-order valence-electron chi connectivity index (χ4n) is 2.25. The highest BCUT2D eigenvalue weighted by molar-refractivity contribution is 5.78. The molecule has 1 aliphatic carbocycles. The Balaban J connectivity index is 2.35. The summed E-state index contributed by atoms with van der Waals surface area (Å²) in [4.78, 5) is 11.8. The van der Waals surface area contributed by atoms with Crippen LogP contribution in [0.2, 0.25) is 0 Å². The van der Waals surface area contributed by atoms with Crippen molar-refractivity contribution >= 4 is 5.91 Å². The summed E-state index contributed by atoms with van der Waals surface area (Å²) in [5, 5.41) is 6.21. The average molecular weight is 212 g/mol. The molecule has 15 heavy (non-hydrogen) atoms. The third kappa shape index (κ3) is 3.82. The van der Waals surface area contributed by atoms with Gasteiger partial charge >= 0.3 is 0 Å². The Morgan fingerprint density at radius 3 is 2.67 bits per heavy atom. The van der Waals surface area contributed by atoms with Crippen LogP contribution in [0.3, 0.4) is 0 Å². The maximum atomic E-state index is 11.8. The summed E-state index contributed by atoms with van der Waals surface area (Å²) in [5.41, 5.74) is 0. The number of carbonyl (C=O) groups is 1. The first-order valence-corrected chi connectivity index (χ1v) is 6.10. The van der Waals surface area contributed by atoms with E-state index in [1.54, 1.807) is 0 Å². The van der Waals surface area contributed by atoms with Crippen molar-refractivity contribution in [2.75, 3.05) is 13.6 Å². The first kappa shape index (κ1) is 12.5. The van der Waals surface area contributed by atoms with Gasteiger partial charge in [0.15, 0.2) is 0 Å². The normalized spacial score (nSPS) is 28.5. The monoisotopic (exact) mass is 212 g/mol. The van der Waals surface area contributed by atoms with Crippen LogP contribution in [0.25, 0.3) is 0 Å². The van der Waals surface area contributed by atoms with Crippen LogP contribution in [-0.2, 0) is 4.79 Å². The lowest BCUT2D eigenvalue weighted by Crippen LogP contribution is -2.44. The SMILES string of the molecule is CNCC(C)C(=O)NC1CCCCC1C. The third-order valence-electron chi connectivity index (χ3n) is 3.40. The summed E-state index contributed by atoms with van der Waals surface area (Å²) in [7, 11) is 1.88. The molecule has 0 saturated heterocycles. The van der Waals surface area contributed by atoms with E-state index in [1.807, 2.05) is 14.0 Å². The maximum absolute atomic E-state index is 11.8. The zero-order chi connectivity index (χ0) is 11.3. The summed E-state index contributed by atoms with van der Waals surface area (Å²) in [6.45, 7) is 4.97. The zero-order valence-electron chi connectivity index (χ0n) is 10.2. The summed E-state index contributed by atoms with van der Waals surface area (Å²) in [6, 6.07) is 0.408. The molecule has 0 radical (unpaired) electrons. The number of rotatable bonds is 4. The number of hydrogen-bond acceptors (Lipinski definition) is 2. The molecule has 1 amide bonds. The van der Waals surface area contributed by atoms with Gasteiger partial charge in [-0.1, -0.05) is 26.7 Å². The van der Waals surface area contributed by atoms with Gasteiger partial charge in [0.2, 0.25) is 5.91 Å². The number of carbonyl (C=O) groups excluding carboxylic acids is 1. The second kappa shape index (κ2) is 6.11. The van der Waals surface area contributed by atoms with E-state index in [2.05, 4.69) is 17.6 Å². The number of hydrogen-bond donors (Lipinski definition) is 2. The van der Waals surface area contributed by atoms with Crippen LogP contribution in [0, 0.1) is 11.8 Å². The van der Waals surface area contributed by atoms with Crippen LogP contribution in [0.15, 0.2) is 0 Å². The molecule has 1 saturated carbocycles. The van der Waals surface area contributed by atoms with Gasteiger partial charge in [-0.2, -0.15) is 0 Å². The molecule has 3 atom stereocenters. The first-order chi connectivity index (χ1) is 7.15. The van der Waals surface area contributed by atoms with Crippen molar-refractivity contribution in [1.82, 2.24) is 10.6 Å². The van der Waals surface area contributed by atoms with Gasteiger partial charge in [0.1, 0.15) is 0 Å². The van der Waals surface area contributed by atoms with E-state index in [4.69, 9.17) is 0 Å². The van der Waals surface area contributed by atoms with E-state index in [9.17, 15) is 4.79 Å². The predicted molar refractivity (Wildman–Crippen MR) is 62.7 cm³/mol. The molecular weight excluding hydrogens is 188 g/mol.